The molecule has 1 saturated heterocycles. The van der Waals surface area contributed by atoms with E-state index in [1.807, 2.05) is 6.26 Å². The normalized spacial score (nSPS) is 26.9. The molecule has 0 bridgehead atoms. The molecule has 2 aromatic rings. The highest BCUT2D eigenvalue weighted by Gasteiger charge is 2.24. The number of nitrogens with zero attached hydrogens (tertiary/aromatic N) is 1. The van der Waals surface area contributed by atoms with Gasteiger partial charge in [-0.3, -0.25) is 0 Å². The average Bonchev–Trinajstić information content (AvgIpc) is 3.10. The van der Waals surface area contributed by atoms with E-state index in [9.17, 15) is 0 Å². The Kier molecular flexibility index (Phi) is 4.91. The van der Waals surface area contributed by atoms with E-state index in [0.717, 1.165) is 11.5 Å². The largest absolute Gasteiger partial charge is 0.464 e. The van der Waals surface area contributed by atoms with Crippen LogP contribution in [0.1, 0.15) is 56.4 Å². The van der Waals surface area contributed by atoms with Gasteiger partial charge < -0.3 is 15.1 Å². The lowest BCUT2D eigenvalue weighted by Crippen LogP contribution is -2.35. The molecule has 0 amide bonds. The second kappa shape index (κ2) is 7.28. The molecule has 4 rings (SSSR count). The fourth-order valence-electron chi connectivity index (χ4n) is 4.68. The first-order valence-corrected chi connectivity index (χ1v) is 9.73. The number of hydrogen-bond acceptors (Lipinski definition) is 3. The zero-order valence-electron chi connectivity index (χ0n) is 14.6. The molecule has 130 valence electrons. The van der Waals surface area contributed by atoms with Gasteiger partial charge in [-0.2, -0.15) is 0 Å². The highest BCUT2D eigenvalue weighted by Crippen LogP contribution is 2.34. The maximum absolute atomic E-state index is 6.02. The van der Waals surface area contributed by atoms with Crippen LogP contribution < -0.4 is 5.73 Å². The lowest BCUT2D eigenvalue weighted by molar-refractivity contribution is 0.187. The molecule has 0 atom stereocenters. The number of hydrogen-bond donors (Lipinski definition) is 1. The number of piperidine rings is 1. The number of nitrogens with two attached hydrogens (primary N) is 1. The van der Waals surface area contributed by atoms with Gasteiger partial charge in [0.05, 0.1) is 6.26 Å². The molecule has 1 aliphatic carbocycles. The van der Waals surface area contributed by atoms with Crippen LogP contribution in [-0.2, 0) is 0 Å². The monoisotopic (exact) mass is 326 g/mol. The van der Waals surface area contributed by atoms with Crippen LogP contribution in [0.3, 0.4) is 0 Å². The van der Waals surface area contributed by atoms with Crippen molar-refractivity contribution in [3.63, 3.8) is 0 Å². The summed E-state index contributed by atoms with van der Waals surface area (Å²) in [5.74, 6) is 1.61. The molecular formula is C21H30N2O. The molecule has 0 unspecified atom stereocenters. The van der Waals surface area contributed by atoms with Gasteiger partial charge in [-0.15, -0.1) is 0 Å². The van der Waals surface area contributed by atoms with Crippen LogP contribution in [-0.4, -0.2) is 30.6 Å². The Morgan fingerprint density at radius 2 is 1.79 bits per heavy atom. The predicted molar refractivity (Wildman–Crippen MR) is 99.2 cm³/mol. The first-order valence-electron chi connectivity index (χ1n) is 9.73. The minimum Gasteiger partial charge on any atom is -0.464 e. The van der Waals surface area contributed by atoms with Gasteiger partial charge in [0, 0.05) is 11.4 Å². The molecule has 2 fully saturated rings. The van der Waals surface area contributed by atoms with E-state index < -0.39 is 0 Å². The van der Waals surface area contributed by atoms with Crippen LogP contribution >= 0.6 is 0 Å². The fraction of sp³-hybridized carbons (Fsp3) is 0.619. The van der Waals surface area contributed by atoms with E-state index in [1.54, 1.807) is 0 Å². The first-order chi connectivity index (χ1) is 11.8. The van der Waals surface area contributed by atoms with Crippen molar-refractivity contribution in [1.29, 1.82) is 0 Å². The summed E-state index contributed by atoms with van der Waals surface area (Å²) in [6.07, 6.45) is 10.9. The van der Waals surface area contributed by atoms with Crippen molar-refractivity contribution in [3.05, 3.63) is 36.1 Å². The summed E-state index contributed by atoms with van der Waals surface area (Å²) in [6.45, 7) is 3.76. The molecule has 2 N–H and O–H groups in total. The quantitative estimate of drug-likeness (QED) is 0.898. The van der Waals surface area contributed by atoms with E-state index in [1.165, 1.54) is 75.5 Å². The van der Waals surface area contributed by atoms with Crippen LogP contribution in [0, 0.1) is 5.92 Å². The zero-order valence-corrected chi connectivity index (χ0v) is 14.6. The van der Waals surface area contributed by atoms with Crippen LogP contribution in [0.15, 0.2) is 34.9 Å². The SMILES string of the molecule is N[C@H]1CC[C@H](CCN2CCC(c3cccc4occc34)CC2)CC1. The molecule has 1 saturated carbocycles. The second-order valence-corrected chi connectivity index (χ2v) is 7.87. The van der Waals surface area contributed by atoms with Crippen LogP contribution in [0.2, 0.25) is 0 Å². The molecule has 1 aromatic carbocycles. The van der Waals surface area contributed by atoms with Gasteiger partial charge in [-0.25, -0.2) is 0 Å². The molecule has 1 aromatic heterocycles. The van der Waals surface area contributed by atoms with Crippen molar-refractivity contribution in [3.8, 4) is 0 Å². The van der Waals surface area contributed by atoms with E-state index in [0.29, 0.717) is 12.0 Å². The summed E-state index contributed by atoms with van der Waals surface area (Å²) in [6, 6.07) is 9.11. The lowest BCUT2D eigenvalue weighted by atomic mass is 9.84. The Morgan fingerprint density at radius 3 is 2.58 bits per heavy atom. The third-order valence-electron chi connectivity index (χ3n) is 6.30. The third-order valence-corrected chi connectivity index (χ3v) is 6.30. The lowest BCUT2D eigenvalue weighted by Gasteiger charge is -2.34. The fourth-order valence-corrected chi connectivity index (χ4v) is 4.68. The number of benzene rings is 1. The van der Waals surface area contributed by atoms with Gasteiger partial charge in [-0.05, 0) is 94.1 Å². The summed E-state index contributed by atoms with van der Waals surface area (Å²) in [4.78, 5) is 2.68. The van der Waals surface area contributed by atoms with Crippen molar-refractivity contribution < 1.29 is 4.42 Å². The Balaban J connectivity index is 1.28. The standard InChI is InChI=1S/C21H30N2O/c22-18-6-4-16(5-7-18)8-12-23-13-9-17(10-14-23)19-2-1-3-21-20(19)11-15-24-21/h1-3,11,15-18H,4-10,12-14,22H2/t16-,18-. The number of rotatable bonds is 4. The smallest absolute Gasteiger partial charge is 0.134 e. The Bertz CT molecular complexity index is 649. The molecule has 2 aliphatic rings. The second-order valence-electron chi connectivity index (χ2n) is 7.87. The Labute approximate surface area is 145 Å². The topological polar surface area (TPSA) is 42.4 Å². The van der Waals surface area contributed by atoms with Crippen LogP contribution in [0.4, 0.5) is 0 Å². The average molecular weight is 326 g/mol. The van der Waals surface area contributed by atoms with Crippen molar-refractivity contribution in [2.75, 3.05) is 19.6 Å². The van der Waals surface area contributed by atoms with E-state index in [4.69, 9.17) is 10.2 Å². The van der Waals surface area contributed by atoms with Crippen LogP contribution in [0.25, 0.3) is 11.0 Å². The molecule has 0 radical (unpaired) electrons. The number of fused-ring (bicyclic) bond motifs is 1. The molecular weight excluding hydrogens is 296 g/mol. The van der Waals surface area contributed by atoms with Gasteiger partial charge in [-0.1, -0.05) is 12.1 Å². The Hall–Kier alpha value is -1.32. The maximum Gasteiger partial charge on any atom is 0.134 e. The minimum atomic E-state index is 0.475. The zero-order chi connectivity index (χ0) is 16.4. The van der Waals surface area contributed by atoms with Crippen molar-refractivity contribution in [2.24, 2.45) is 11.7 Å². The van der Waals surface area contributed by atoms with Crippen molar-refractivity contribution in [2.45, 2.75) is 56.9 Å². The molecule has 1 aliphatic heterocycles. The highest BCUT2D eigenvalue weighted by atomic mass is 16.3. The molecule has 2 heterocycles. The minimum absolute atomic E-state index is 0.475. The van der Waals surface area contributed by atoms with Gasteiger partial charge in [0.15, 0.2) is 0 Å². The maximum atomic E-state index is 6.02. The van der Waals surface area contributed by atoms with Crippen molar-refractivity contribution in [1.82, 2.24) is 4.90 Å². The molecule has 24 heavy (non-hydrogen) atoms. The van der Waals surface area contributed by atoms with Gasteiger partial charge in [0.2, 0.25) is 0 Å². The summed E-state index contributed by atoms with van der Waals surface area (Å²) >= 11 is 0. The Morgan fingerprint density at radius 1 is 1.00 bits per heavy atom. The number of likely N-dealkylation sites (tertiary alicyclic amines) is 1. The van der Waals surface area contributed by atoms with Gasteiger partial charge in [0.1, 0.15) is 5.58 Å². The molecule has 3 heteroatoms. The first kappa shape index (κ1) is 16.2. The van der Waals surface area contributed by atoms with E-state index in [2.05, 4.69) is 29.2 Å². The van der Waals surface area contributed by atoms with Gasteiger partial charge >= 0.3 is 0 Å². The summed E-state index contributed by atoms with van der Waals surface area (Å²) in [5.41, 5.74) is 8.54. The predicted octanol–water partition coefficient (Wildman–Crippen LogP) is 4.52. The number of furan rings is 1. The van der Waals surface area contributed by atoms with Crippen molar-refractivity contribution >= 4 is 11.0 Å². The van der Waals surface area contributed by atoms with Gasteiger partial charge in [0.25, 0.3) is 0 Å². The van der Waals surface area contributed by atoms with E-state index >= 15 is 0 Å². The molecule has 0 spiro atoms. The van der Waals surface area contributed by atoms with E-state index in [-0.39, 0.29) is 0 Å². The summed E-state index contributed by atoms with van der Waals surface area (Å²) in [5, 5.41) is 1.31. The highest BCUT2D eigenvalue weighted by molar-refractivity contribution is 5.81. The molecule has 3 nitrogen and oxygen atoms in total. The third kappa shape index (κ3) is 3.52. The summed E-state index contributed by atoms with van der Waals surface area (Å²) in [7, 11) is 0. The van der Waals surface area contributed by atoms with Crippen LogP contribution in [0.5, 0.6) is 0 Å². The summed E-state index contributed by atoms with van der Waals surface area (Å²) < 4.78 is 5.56.